The van der Waals surface area contributed by atoms with Crippen molar-refractivity contribution in [2.24, 2.45) is 5.41 Å². The number of pyridine rings is 1. The first kappa shape index (κ1) is 15.3. The normalized spacial score (nSPS) is 21.9. The maximum absolute atomic E-state index is 4.11. The number of likely N-dealkylation sites (tertiary alicyclic amines) is 2. The highest BCUT2D eigenvalue weighted by Gasteiger charge is 2.40. The number of aromatic nitrogens is 1. The van der Waals surface area contributed by atoms with E-state index in [2.05, 4.69) is 44.4 Å². The van der Waals surface area contributed by atoms with Crippen LogP contribution in [0.25, 0.3) is 0 Å². The molecular weight excluding hydrogens is 302 g/mol. The number of rotatable bonds is 4. The zero-order valence-corrected chi connectivity index (χ0v) is 14.5. The smallest absolute Gasteiger partial charge is 0.0328 e. The lowest BCUT2D eigenvalue weighted by atomic mass is 9.77. The second-order valence-corrected chi connectivity index (χ2v) is 8.20. The largest absolute Gasteiger partial charge is 0.299 e. The molecule has 0 aliphatic carbocycles. The van der Waals surface area contributed by atoms with Gasteiger partial charge in [0.2, 0.25) is 0 Å². The quantitative estimate of drug-likeness (QED) is 0.855. The van der Waals surface area contributed by atoms with Crippen molar-refractivity contribution in [3.63, 3.8) is 0 Å². The van der Waals surface area contributed by atoms with Crippen molar-refractivity contribution in [2.45, 2.75) is 32.4 Å². The molecule has 2 saturated heterocycles. The molecule has 23 heavy (non-hydrogen) atoms. The Kier molecular flexibility index (Phi) is 4.47. The third-order valence-electron chi connectivity index (χ3n) is 5.55. The number of hydrogen-bond acceptors (Lipinski definition) is 4. The molecule has 4 heteroatoms. The molecule has 3 nitrogen and oxygen atoms in total. The van der Waals surface area contributed by atoms with E-state index in [-0.39, 0.29) is 0 Å². The van der Waals surface area contributed by atoms with Crippen LogP contribution in [0.1, 0.15) is 29.7 Å². The van der Waals surface area contributed by atoms with E-state index in [9.17, 15) is 0 Å². The zero-order chi connectivity index (χ0) is 15.5. The lowest BCUT2D eigenvalue weighted by molar-refractivity contribution is 0.102. The molecule has 4 rings (SSSR count). The molecule has 2 fully saturated rings. The highest BCUT2D eigenvalue weighted by molar-refractivity contribution is 7.09. The van der Waals surface area contributed by atoms with Gasteiger partial charge in [0.05, 0.1) is 0 Å². The van der Waals surface area contributed by atoms with Gasteiger partial charge in [-0.1, -0.05) is 6.07 Å². The third kappa shape index (κ3) is 3.65. The first-order chi connectivity index (χ1) is 11.3. The van der Waals surface area contributed by atoms with Gasteiger partial charge >= 0.3 is 0 Å². The number of piperidine rings is 1. The van der Waals surface area contributed by atoms with E-state index in [1.54, 1.807) is 0 Å². The standard InChI is InChI=1S/C19H25N3S/c1-2-18(23-13-1)15-22-12-7-19(16-22)5-10-21(11-6-19)14-17-3-8-20-9-4-17/h1-4,8-9,13H,5-7,10-12,14-16H2. The Morgan fingerprint density at radius 3 is 2.39 bits per heavy atom. The molecule has 2 aliphatic heterocycles. The van der Waals surface area contributed by atoms with Gasteiger partial charge in [-0.2, -0.15) is 0 Å². The molecule has 0 amide bonds. The summed E-state index contributed by atoms with van der Waals surface area (Å²) in [6, 6.07) is 8.72. The molecule has 0 bridgehead atoms. The van der Waals surface area contributed by atoms with Gasteiger partial charge in [0.15, 0.2) is 0 Å². The van der Waals surface area contributed by atoms with E-state index in [1.807, 2.05) is 23.7 Å². The molecule has 0 unspecified atom stereocenters. The molecule has 0 N–H and O–H groups in total. The Bertz CT molecular complexity index is 603. The zero-order valence-electron chi connectivity index (χ0n) is 13.7. The highest BCUT2D eigenvalue weighted by Crippen LogP contribution is 2.41. The van der Waals surface area contributed by atoms with Crippen LogP contribution in [0.3, 0.4) is 0 Å². The second kappa shape index (κ2) is 6.71. The number of thiophene rings is 1. The summed E-state index contributed by atoms with van der Waals surface area (Å²) < 4.78 is 0. The fourth-order valence-corrected chi connectivity index (χ4v) is 4.87. The maximum atomic E-state index is 4.11. The molecular formula is C19H25N3S. The Labute approximate surface area is 143 Å². The van der Waals surface area contributed by atoms with Crippen LogP contribution >= 0.6 is 11.3 Å². The SMILES string of the molecule is c1csc(CN2CCC3(CCN(Cc4ccncc4)CC3)C2)c1. The Morgan fingerprint density at radius 1 is 0.957 bits per heavy atom. The first-order valence-corrected chi connectivity index (χ1v) is 9.55. The lowest BCUT2D eigenvalue weighted by Crippen LogP contribution is -2.41. The van der Waals surface area contributed by atoms with Crippen LogP contribution in [-0.2, 0) is 13.1 Å². The Morgan fingerprint density at radius 2 is 1.70 bits per heavy atom. The summed E-state index contributed by atoms with van der Waals surface area (Å²) in [7, 11) is 0. The molecule has 2 aromatic heterocycles. The average molecular weight is 327 g/mol. The van der Waals surface area contributed by atoms with E-state index >= 15 is 0 Å². The molecule has 0 aromatic carbocycles. The fourth-order valence-electron chi connectivity index (χ4n) is 4.13. The van der Waals surface area contributed by atoms with E-state index in [4.69, 9.17) is 0 Å². The van der Waals surface area contributed by atoms with Crippen LogP contribution in [0.15, 0.2) is 42.0 Å². The Balaban J connectivity index is 1.29. The van der Waals surface area contributed by atoms with Gasteiger partial charge in [0.25, 0.3) is 0 Å². The van der Waals surface area contributed by atoms with Gasteiger partial charge in [-0.05, 0) is 73.5 Å². The third-order valence-corrected chi connectivity index (χ3v) is 6.41. The van der Waals surface area contributed by atoms with Gasteiger partial charge in [-0.15, -0.1) is 11.3 Å². The number of hydrogen-bond donors (Lipinski definition) is 0. The molecule has 2 aromatic rings. The molecule has 0 atom stereocenters. The summed E-state index contributed by atoms with van der Waals surface area (Å²) in [5.41, 5.74) is 1.98. The van der Waals surface area contributed by atoms with Crippen molar-refractivity contribution in [1.29, 1.82) is 0 Å². The first-order valence-electron chi connectivity index (χ1n) is 8.67. The van der Waals surface area contributed by atoms with Crippen molar-refractivity contribution in [1.82, 2.24) is 14.8 Å². The second-order valence-electron chi connectivity index (χ2n) is 7.17. The molecule has 1 spiro atoms. The molecule has 122 valence electrons. The lowest BCUT2D eigenvalue weighted by Gasteiger charge is -2.39. The van der Waals surface area contributed by atoms with Gasteiger partial charge in [0.1, 0.15) is 0 Å². The minimum absolute atomic E-state index is 0.589. The summed E-state index contributed by atoms with van der Waals surface area (Å²) >= 11 is 1.89. The van der Waals surface area contributed by atoms with Crippen LogP contribution in [0.4, 0.5) is 0 Å². The van der Waals surface area contributed by atoms with Crippen LogP contribution in [-0.4, -0.2) is 41.0 Å². The van der Waals surface area contributed by atoms with Crippen molar-refractivity contribution in [2.75, 3.05) is 26.2 Å². The van der Waals surface area contributed by atoms with Gasteiger partial charge in [-0.25, -0.2) is 0 Å². The summed E-state index contributed by atoms with van der Waals surface area (Å²) in [6.45, 7) is 7.30. The molecule has 0 saturated carbocycles. The van der Waals surface area contributed by atoms with Crippen LogP contribution in [0, 0.1) is 5.41 Å². The van der Waals surface area contributed by atoms with E-state index in [0.717, 1.165) is 13.1 Å². The Hall–Kier alpha value is -1.23. The summed E-state index contributed by atoms with van der Waals surface area (Å²) in [5, 5.41) is 2.19. The average Bonchev–Trinajstić information content (AvgIpc) is 3.22. The van der Waals surface area contributed by atoms with Crippen molar-refractivity contribution in [3.05, 3.63) is 52.5 Å². The molecule has 2 aliphatic rings. The summed E-state index contributed by atoms with van der Waals surface area (Å²) in [6.07, 6.45) is 7.92. The van der Waals surface area contributed by atoms with Crippen LogP contribution < -0.4 is 0 Å². The predicted molar refractivity (Wildman–Crippen MR) is 95.4 cm³/mol. The van der Waals surface area contributed by atoms with Crippen molar-refractivity contribution in [3.8, 4) is 0 Å². The van der Waals surface area contributed by atoms with Crippen molar-refractivity contribution >= 4 is 11.3 Å². The molecule has 4 heterocycles. The predicted octanol–water partition coefficient (Wildman–Crippen LogP) is 3.63. The van der Waals surface area contributed by atoms with Gasteiger partial charge in [0, 0.05) is 36.9 Å². The monoisotopic (exact) mass is 327 g/mol. The topological polar surface area (TPSA) is 19.4 Å². The van der Waals surface area contributed by atoms with Gasteiger partial charge < -0.3 is 0 Å². The van der Waals surface area contributed by atoms with E-state index in [0.29, 0.717) is 5.41 Å². The minimum Gasteiger partial charge on any atom is -0.299 e. The van der Waals surface area contributed by atoms with Crippen LogP contribution in [0.5, 0.6) is 0 Å². The molecule has 0 radical (unpaired) electrons. The van der Waals surface area contributed by atoms with Gasteiger partial charge in [-0.3, -0.25) is 14.8 Å². The van der Waals surface area contributed by atoms with Crippen LogP contribution in [0.2, 0.25) is 0 Å². The summed E-state index contributed by atoms with van der Waals surface area (Å²) in [4.78, 5) is 10.9. The highest BCUT2D eigenvalue weighted by atomic mass is 32.1. The fraction of sp³-hybridized carbons (Fsp3) is 0.526. The van der Waals surface area contributed by atoms with Crippen molar-refractivity contribution < 1.29 is 0 Å². The van der Waals surface area contributed by atoms with E-state index < -0.39 is 0 Å². The summed E-state index contributed by atoms with van der Waals surface area (Å²) in [5.74, 6) is 0. The number of nitrogens with zero attached hydrogens (tertiary/aromatic N) is 3. The minimum atomic E-state index is 0.589. The van der Waals surface area contributed by atoms with E-state index in [1.165, 1.54) is 55.9 Å². The maximum Gasteiger partial charge on any atom is 0.0328 e.